The van der Waals surface area contributed by atoms with Crippen LogP contribution in [0.15, 0.2) is 35.4 Å². The molecule has 0 aromatic heterocycles. The third-order valence-corrected chi connectivity index (χ3v) is 6.44. The van der Waals surface area contributed by atoms with E-state index in [2.05, 4.69) is 14.9 Å². The first-order chi connectivity index (χ1) is 14.3. The molecule has 1 aromatic carbocycles. The van der Waals surface area contributed by atoms with Crippen LogP contribution in [-0.2, 0) is 4.74 Å². The molecule has 29 heavy (non-hydrogen) atoms. The van der Waals surface area contributed by atoms with E-state index in [0.29, 0.717) is 6.54 Å². The van der Waals surface area contributed by atoms with Gasteiger partial charge in [0.05, 0.1) is 12.8 Å². The van der Waals surface area contributed by atoms with Crippen molar-refractivity contribution < 1.29 is 9.53 Å². The Kier molecular flexibility index (Phi) is 7.17. The van der Waals surface area contributed by atoms with Crippen molar-refractivity contribution in [2.24, 2.45) is 5.10 Å². The van der Waals surface area contributed by atoms with Gasteiger partial charge in [-0.2, -0.15) is 10.1 Å². The van der Waals surface area contributed by atoms with E-state index < -0.39 is 0 Å². The van der Waals surface area contributed by atoms with Crippen LogP contribution in [0.5, 0.6) is 0 Å². The summed E-state index contributed by atoms with van der Waals surface area (Å²) in [7, 11) is 0. The monoisotopic (exact) mass is 398 g/mol. The van der Waals surface area contributed by atoms with Crippen LogP contribution in [0.3, 0.4) is 0 Å². The first-order valence-electron chi connectivity index (χ1n) is 11.3. The number of cyclic esters (lactones) is 1. The molecule has 1 aromatic rings. The van der Waals surface area contributed by atoms with Gasteiger partial charge in [-0.3, -0.25) is 4.90 Å². The van der Waals surface area contributed by atoms with E-state index >= 15 is 0 Å². The highest BCUT2D eigenvalue weighted by Gasteiger charge is 2.39. The summed E-state index contributed by atoms with van der Waals surface area (Å²) in [5.74, 6) is 0. The molecular formula is C23H34N4O2. The van der Waals surface area contributed by atoms with Gasteiger partial charge in [0.1, 0.15) is 6.10 Å². The summed E-state index contributed by atoms with van der Waals surface area (Å²) in [6, 6.07) is 10.2. The molecule has 0 radical (unpaired) electrons. The van der Waals surface area contributed by atoms with Crippen LogP contribution in [0.25, 0.3) is 0 Å². The molecule has 3 saturated heterocycles. The van der Waals surface area contributed by atoms with Crippen molar-refractivity contribution in [2.75, 3.05) is 39.3 Å². The van der Waals surface area contributed by atoms with Crippen molar-refractivity contribution in [1.82, 2.24) is 14.8 Å². The van der Waals surface area contributed by atoms with Gasteiger partial charge in [-0.05, 0) is 70.4 Å². The summed E-state index contributed by atoms with van der Waals surface area (Å²) in [6.45, 7) is 6.30. The van der Waals surface area contributed by atoms with Crippen LogP contribution >= 0.6 is 0 Å². The second kappa shape index (κ2) is 10.2. The lowest BCUT2D eigenvalue weighted by Gasteiger charge is -2.38. The third-order valence-electron chi connectivity index (χ3n) is 6.44. The molecule has 3 aliphatic rings. The number of amides is 1. The third kappa shape index (κ3) is 5.58. The van der Waals surface area contributed by atoms with Crippen molar-refractivity contribution in [3.63, 3.8) is 0 Å². The van der Waals surface area contributed by atoms with E-state index in [1.807, 2.05) is 30.3 Å². The maximum atomic E-state index is 12.5. The van der Waals surface area contributed by atoms with Gasteiger partial charge in [-0.25, -0.2) is 4.79 Å². The van der Waals surface area contributed by atoms with Gasteiger partial charge in [-0.15, -0.1) is 0 Å². The standard InChI is InChI=1S/C23H34N4O2/c28-23-27(24-18-20-10-4-1-5-11-20)19-22(29-23)21(26-15-8-3-9-16-26)12-17-25-13-6-2-7-14-25/h1,4-5,10-11,18,21-22H,2-3,6-9,12-17,19H2. The quantitative estimate of drug-likeness (QED) is 0.659. The zero-order chi connectivity index (χ0) is 19.9. The molecule has 3 fully saturated rings. The highest BCUT2D eigenvalue weighted by atomic mass is 16.6. The highest BCUT2D eigenvalue weighted by Crippen LogP contribution is 2.24. The molecule has 4 rings (SSSR count). The van der Waals surface area contributed by atoms with Crippen LogP contribution in [0.4, 0.5) is 4.79 Å². The fraction of sp³-hybridized carbons (Fsp3) is 0.652. The summed E-state index contributed by atoms with van der Waals surface area (Å²) >= 11 is 0. The van der Waals surface area contributed by atoms with Crippen molar-refractivity contribution >= 4 is 12.3 Å². The van der Waals surface area contributed by atoms with E-state index in [1.54, 1.807) is 6.21 Å². The van der Waals surface area contributed by atoms with Gasteiger partial charge in [0, 0.05) is 6.04 Å². The number of rotatable bonds is 7. The zero-order valence-corrected chi connectivity index (χ0v) is 17.4. The SMILES string of the molecule is O=C1OC(C(CCN2CCCCC2)N2CCCCC2)CN1N=Cc1ccccc1. The molecule has 2 unspecified atom stereocenters. The Morgan fingerprint density at radius 2 is 1.69 bits per heavy atom. The number of nitrogens with zero attached hydrogens (tertiary/aromatic N) is 4. The number of piperidine rings is 2. The van der Waals surface area contributed by atoms with Crippen LogP contribution in [0, 0.1) is 0 Å². The Hall–Kier alpha value is -1.92. The smallest absolute Gasteiger partial charge is 0.430 e. The molecule has 2 atom stereocenters. The molecular weight excluding hydrogens is 364 g/mol. The number of carbonyl (C=O) groups excluding carboxylic acids is 1. The molecule has 3 aliphatic heterocycles. The number of hydrazone groups is 1. The van der Waals surface area contributed by atoms with Gasteiger partial charge in [0.25, 0.3) is 0 Å². The van der Waals surface area contributed by atoms with Crippen molar-refractivity contribution in [1.29, 1.82) is 0 Å². The van der Waals surface area contributed by atoms with Crippen LogP contribution in [-0.4, -0.2) is 78.5 Å². The van der Waals surface area contributed by atoms with E-state index in [1.165, 1.54) is 56.6 Å². The molecule has 0 spiro atoms. The first kappa shape index (κ1) is 20.4. The minimum atomic E-state index is -0.317. The maximum Gasteiger partial charge on any atom is 0.430 e. The number of hydrogen-bond acceptors (Lipinski definition) is 5. The fourth-order valence-electron chi connectivity index (χ4n) is 4.79. The van der Waals surface area contributed by atoms with Gasteiger partial charge < -0.3 is 9.64 Å². The molecule has 6 nitrogen and oxygen atoms in total. The van der Waals surface area contributed by atoms with Gasteiger partial charge in [0.15, 0.2) is 0 Å². The minimum Gasteiger partial charge on any atom is -0.441 e. The molecule has 158 valence electrons. The summed E-state index contributed by atoms with van der Waals surface area (Å²) in [5.41, 5.74) is 0.987. The minimum absolute atomic E-state index is 0.0988. The van der Waals surface area contributed by atoms with Gasteiger partial charge in [-0.1, -0.05) is 43.2 Å². The second-order valence-electron chi connectivity index (χ2n) is 8.51. The van der Waals surface area contributed by atoms with Crippen LogP contribution in [0.2, 0.25) is 0 Å². The predicted octanol–water partition coefficient (Wildman–Crippen LogP) is 3.57. The summed E-state index contributed by atoms with van der Waals surface area (Å²) in [4.78, 5) is 17.6. The molecule has 0 bridgehead atoms. The summed E-state index contributed by atoms with van der Waals surface area (Å²) < 4.78 is 5.83. The lowest BCUT2D eigenvalue weighted by atomic mass is 10.0. The number of benzene rings is 1. The number of hydrogen-bond donors (Lipinski definition) is 0. The van der Waals surface area contributed by atoms with Crippen molar-refractivity contribution in [3.8, 4) is 0 Å². The zero-order valence-electron chi connectivity index (χ0n) is 17.4. The van der Waals surface area contributed by atoms with Crippen molar-refractivity contribution in [2.45, 2.75) is 57.1 Å². The van der Waals surface area contributed by atoms with E-state index in [4.69, 9.17) is 4.74 Å². The Morgan fingerprint density at radius 1 is 1.00 bits per heavy atom. The first-order valence-corrected chi connectivity index (χ1v) is 11.3. The lowest BCUT2D eigenvalue weighted by Crippen LogP contribution is -2.49. The molecule has 1 amide bonds. The average molecular weight is 399 g/mol. The van der Waals surface area contributed by atoms with Gasteiger partial charge in [0.2, 0.25) is 0 Å². The highest BCUT2D eigenvalue weighted by molar-refractivity contribution is 5.81. The Balaban J connectivity index is 1.39. The number of ether oxygens (including phenoxy) is 1. The normalized spacial score (nSPS) is 25.4. The Morgan fingerprint density at radius 3 is 2.41 bits per heavy atom. The average Bonchev–Trinajstić information content (AvgIpc) is 3.15. The number of carbonyl (C=O) groups is 1. The second-order valence-corrected chi connectivity index (χ2v) is 8.51. The Labute approximate surface area is 174 Å². The summed E-state index contributed by atoms with van der Waals surface area (Å²) in [6.07, 6.45) is 10.2. The van der Waals surface area contributed by atoms with Crippen molar-refractivity contribution in [3.05, 3.63) is 35.9 Å². The van der Waals surface area contributed by atoms with E-state index in [-0.39, 0.29) is 18.2 Å². The Bertz CT molecular complexity index is 669. The maximum absolute atomic E-state index is 12.5. The van der Waals surface area contributed by atoms with E-state index in [0.717, 1.165) is 31.6 Å². The largest absolute Gasteiger partial charge is 0.441 e. The number of likely N-dealkylation sites (tertiary alicyclic amines) is 2. The summed E-state index contributed by atoms with van der Waals surface area (Å²) in [5, 5.41) is 5.90. The molecule has 0 saturated carbocycles. The molecule has 0 aliphatic carbocycles. The van der Waals surface area contributed by atoms with Crippen LogP contribution < -0.4 is 0 Å². The lowest BCUT2D eigenvalue weighted by molar-refractivity contribution is 0.0375. The van der Waals surface area contributed by atoms with Crippen LogP contribution in [0.1, 0.15) is 50.5 Å². The van der Waals surface area contributed by atoms with E-state index in [9.17, 15) is 4.79 Å². The predicted molar refractivity (Wildman–Crippen MR) is 115 cm³/mol. The molecule has 6 heteroatoms. The fourth-order valence-corrected chi connectivity index (χ4v) is 4.79. The molecule has 3 heterocycles. The molecule has 0 N–H and O–H groups in total. The van der Waals surface area contributed by atoms with Gasteiger partial charge >= 0.3 is 6.09 Å². The topological polar surface area (TPSA) is 48.4 Å².